The van der Waals surface area contributed by atoms with Gasteiger partial charge in [0.15, 0.2) is 0 Å². The standard InChI is InChI=1S/C12H23B/c1-4-7-8-9(5-2)11-10(6-3)12(11)13/h9-12H,4-8H2,1-3H3/t9?,10-,11?,12?/m1/s1. The number of hydrogen-bond donors (Lipinski definition) is 0. The van der Waals surface area contributed by atoms with E-state index in [-0.39, 0.29) is 0 Å². The summed E-state index contributed by atoms with van der Waals surface area (Å²) in [6.45, 7) is 6.87. The molecule has 2 radical (unpaired) electrons. The third kappa shape index (κ3) is 2.51. The molecule has 0 saturated heterocycles. The maximum atomic E-state index is 6.07. The maximum Gasteiger partial charge on any atom is 0.0707 e. The van der Waals surface area contributed by atoms with Gasteiger partial charge in [0.1, 0.15) is 0 Å². The van der Waals surface area contributed by atoms with Crippen molar-refractivity contribution >= 4 is 7.85 Å². The zero-order valence-corrected chi connectivity index (χ0v) is 9.42. The van der Waals surface area contributed by atoms with Gasteiger partial charge in [0.25, 0.3) is 0 Å². The third-order valence-electron chi connectivity index (χ3n) is 3.76. The average Bonchev–Trinajstić information content (AvgIpc) is 2.78. The minimum absolute atomic E-state index is 0.534. The Kier molecular flexibility index (Phi) is 4.35. The van der Waals surface area contributed by atoms with Gasteiger partial charge in [-0.05, 0) is 17.8 Å². The summed E-state index contributed by atoms with van der Waals surface area (Å²) in [7, 11) is 6.07. The summed E-state index contributed by atoms with van der Waals surface area (Å²) in [4.78, 5) is 0. The molecule has 0 spiro atoms. The normalized spacial score (nSPS) is 34.5. The van der Waals surface area contributed by atoms with Crippen LogP contribution in [0.15, 0.2) is 0 Å². The lowest BCUT2D eigenvalue weighted by Crippen LogP contribution is -2.03. The minimum Gasteiger partial charge on any atom is -0.0711 e. The van der Waals surface area contributed by atoms with E-state index in [2.05, 4.69) is 20.8 Å². The van der Waals surface area contributed by atoms with Gasteiger partial charge in [0, 0.05) is 0 Å². The molecular formula is C12H23B. The number of unbranched alkanes of at least 4 members (excludes halogenated alkanes) is 1. The molecule has 1 aliphatic rings. The lowest BCUT2D eigenvalue weighted by molar-refractivity contribution is 0.379. The van der Waals surface area contributed by atoms with Crippen molar-refractivity contribution in [2.75, 3.05) is 0 Å². The van der Waals surface area contributed by atoms with Gasteiger partial charge in [-0.25, -0.2) is 0 Å². The highest BCUT2D eigenvalue weighted by Gasteiger charge is 2.47. The van der Waals surface area contributed by atoms with Crippen molar-refractivity contribution in [2.45, 2.75) is 58.7 Å². The molecule has 0 aliphatic heterocycles. The van der Waals surface area contributed by atoms with Crippen molar-refractivity contribution in [1.82, 2.24) is 0 Å². The Hall–Kier alpha value is 0.0649. The molecule has 0 aromatic heterocycles. The molecule has 1 aliphatic carbocycles. The van der Waals surface area contributed by atoms with E-state index in [1.807, 2.05) is 0 Å². The van der Waals surface area contributed by atoms with Gasteiger partial charge in [-0.1, -0.05) is 58.7 Å². The van der Waals surface area contributed by atoms with Crippen LogP contribution in [0.3, 0.4) is 0 Å². The first-order valence-corrected chi connectivity index (χ1v) is 6.01. The van der Waals surface area contributed by atoms with E-state index in [0.717, 1.165) is 17.8 Å². The summed E-state index contributed by atoms with van der Waals surface area (Å²) in [6.07, 6.45) is 6.73. The highest BCUT2D eigenvalue weighted by atomic mass is 14.5. The molecule has 1 saturated carbocycles. The fraction of sp³-hybridized carbons (Fsp3) is 1.00. The van der Waals surface area contributed by atoms with Crippen molar-refractivity contribution in [3.8, 4) is 0 Å². The lowest BCUT2D eigenvalue weighted by atomic mass is 9.88. The molecular weight excluding hydrogens is 155 g/mol. The van der Waals surface area contributed by atoms with Gasteiger partial charge in [0.2, 0.25) is 0 Å². The molecule has 1 rings (SSSR count). The lowest BCUT2D eigenvalue weighted by Gasteiger charge is -2.14. The van der Waals surface area contributed by atoms with E-state index < -0.39 is 0 Å². The zero-order chi connectivity index (χ0) is 9.84. The summed E-state index contributed by atoms with van der Waals surface area (Å²) in [5.41, 5.74) is 0. The summed E-state index contributed by atoms with van der Waals surface area (Å²) in [6, 6.07) is 0. The molecule has 1 heteroatoms. The largest absolute Gasteiger partial charge is 0.0711 e. The van der Waals surface area contributed by atoms with Gasteiger partial charge >= 0.3 is 0 Å². The fourth-order valence-corrected chi connectivity index (χ4v) is 2.77. The van der Waals surface area contributed by atoms with Crippen LogP contribution in [0.4, 0.5) is 0 Å². The Morgan fingerprint density at radius 3 is 2.31 bits per heavy atom. The molecule has 0 aromatic carbocycles. The van der Waals surface area contributed by atoms with E-state index in [9.17, 15) is 0 Å². The Labute approximate surface area is 84.9 Å². The van der Waals surface area contributed by atoms with Crippen LogP contribution in [0.1, 0.15) is 52.9 Å². The molecule has 13 heavy (non-hydrogen) atoms. The topological polar surface area (TPSA) is 0 Å². The van der Waals surface area contributed by atoms with Crippen molar-refractivity contribution < 1.29 is 0 Å². The van der Waals surface area contributed by atoms with E-state index in [1.54, 1.807) is 0 Å². The highest BCUT2D eigenvalue weighted by molar-refractivity contribution is 6.14. The van der Waals surface area contributed by atoms with Crippen LogP contribution in [0.5, 0.6) is 0 Å². The molecule has 3 unspecified atom stereocenters. The molecule has 0 heterocycles. The monoisotopic (exact) mass is 178 g/mol. The summed E-state index contributed by atoms with van der Waals surface area (Å²) in [5, 5.41) is 0. The summed E-state index contributed by atoms with van der Waals surface area (Å²) >= 11 is 0. The zero-order valence-electron chi connectivity index (χ0n) is 9.42. The highest BCUT2D eigenvalue weighted by Crippen LogP contribution is 2.57. The molecule has 0 nitrogen and oxygen atoms in total. The van der Waals surface area contributed by atoms with Crippen LogP contribution < -0.4 is 0 Å². The van der Waals surface area contributed by atoms with Crippen LogP contribution in [-0.4, -0.2) is 7.85 Å². The molecule has 1 fully saturated rings. The van der Waals surface area contributed by atoms with Crippen LogP contribution in [-0.2, 0) is 0 Å². The van der Waals surface area contributed by atoms with Gasteiger partial charge < -0.3 is 0 Å². The summed E-state index contributed by atoms with van der Waals surface area (Å²) in [5.74, 6) is 3.16. The molecule has 0 amide bonds. The van der Waals surface area contributed by atoms with Gasteiger partial charge in [-0.3, -0.25) is 0 Å². The average molecular weight is 178 g/mol. The first kappa shape index (κ1) is 11.1. The van der Waals surface area contributed by atoms with Crippen LogP contribution in [0.25, 0.3) is 0 Å². The van der Waals surface area contributed by atoms with Crippen molar-refractivity contribution in [3.05, 3.63) is 0 Å². The van der Waals surface area contributed by atoms with Crippen molar-refractivity contribution in [3.63, 3.8) is 0 Å². The number of hydrogen-bond acceptors (Lipinski definition) is 0. The quantitative estimate of drug-likeness (QED) is 0.542. The maximum absolute atomic E-state index is 6.07. The molecule has 0 bridgehead atoms. The second-order valence-corrected chi connectivity index (χ2v) is 4.54. The molecule has 74 valence electrons. The number of rotatable bonds is 6. The predicted octanol–water partition coefficient (Wildman–Crippen LogP) is 3.82. The van der Waals surface area contributed by atoms with E-state index in [4.69, 9.17) is 7.85 Å². The van der Waals surface area contributed by atoms with Crippen LogP contribution >= 0.6 is 0 Å². The van der Waals surface area contributed by atoms with Crippen LogP contribution in [0, 0.1) is 17.8 Å². The molecule has 0 N–H and O–H groups in total. The minimum atomic E-state index is 0.534. The molecule has 4 atom stereocenters. The van der Waals surface area contributed by atoms with Gasteiger partial charge in [0.05, 0.1) is 7.85 Å². The van der Waals surface area contributed by atoms with Crippen LogP contribution in [0.2, 0.25) is 5.82 Å². The Bertz CT molecular complexity index is 144. The van der Waals surface area contributed by atoms with Gasteiger partial charge in [-0.15, -0.1) is 0 Å². The second kappa shape index (κ2) is 5.07. The predicted molar refractivity (Wildman–Crippen MR) is 60.1 cm³/mol. The Morgan fingerprint density at radius 1 is 1.23 bits per heavy atom. The summed E-state index contributed by atoms with van der Waals surface area (Å²) < 4.78 is 0. The fourth-order valence-electron chi connectivity index (χ4n) is 2.77. The van der Waals surface area contributed by atoms with E-state index in [0.29, 0.717) is 5.82 Å². The Morgan fingerprint density at radius 2 is 1.92 bits per heavy atom. The van der Waals surface area contributed by atoms with Crippen molar-refractivity contribution in [2.24, 2.45) is 17.8 Å². The smallest absolute Gasteiger partial charge is 0.0707 e. The third-order valence-corrected chi connectivity index (χ3v) is 3.76. The molecule has 0 aromatic rings. The first-order chi connectivity index (χ1) is 6.26. The van der Waals surface area contributed by atoms with E-state index >= 15 is 0 Å². The SMILES string of the molecule is [B]C1C(C(CC)CCCC)[C@H]1CC. The van der Waals surface area contributed by atoms with Gasteiger partial charge in [-0.2, -0.15) is 0 Å². The van der Waals surface area contributed by atoms with Crippen molar-refractivity contribution in [1.29, 1.82) is 0 Å². The second-order valence-electron chi connectivity index (χ2n) is 4.54. The Balaban J connectivity index is 2.31. The first-order valence-electron chi connectivity index (χ1n) is 6.01. The van der Waals surface area contributed by atoms with E-state index in [1.165, 1.54) is 32.1 Å².